The molecule has 0 radical (unpaired) electrons. The first kappa shape index (κ1) is 12.5. The summed E-state index contributed by atoms with van der Waals surface area (Å²) in [7, 11) is 0. The lowest BCUT2D eigenvalue weighted by Gasteiger charge is -2.17. The molecule has 3 nitrogen and oxygen atoms in total. The molecule has 0 saturated heterocycles. The molecule has 0 aliphatic rings. The lowest BCUT2D eigenvalue weighted by atomic mass is 10.0. The van der Waals surface area contributed by atoms with Gasteiger partial charge in [-0.25, -0.2) is 4.39 Å². The van der Waals surface area contributed by atoms with E-state index in [2.05, 4.69) is 20.9 Å². The fraction of sp³-hybridized carbons (Fsp3) is 0.500. The van der Waals surface area contributed by atoms with Gasteiger partial charge in [0, 0.05) is 5.33 Å². The Kier molecular flexibility index (Phi) is 4.63. The first-order valence-electron chi connectivity index (χ1n) is 4.60. The second kappa shape index (κ2) is 5.53. The van der Waals surface area contributed by atoms with Crippen LogP contribution in [0.2, 0.25) is 0 Å². The largest absolute Gasteiger partial charge is 0.390 e. The number of aryl methyl sites for hydroxylation is 1. The van der Waals surface area contributed by atoms with E-state index < -0.39 is 18.0 Å². The molecule has 15 heavy (non-hydrogen) atoms. The van der Waals surface area contributed by atoms with Crippen molar-refractivity contribution in [2.45, 2.75) is 25.6 Å². The Hall–Kier alpha value is -0.520. The molecule has 0 saturated carbocycles. The van der Waals surface area contributed by atoms with Crippen LogP contribution >= 0.6 is 15.9 Å². The highest BCUT2D eigenvalue weighted by Gasteiger charge is 2.20. The number of alkyl halides is 1. The van der Waals surface area contributed by atoms with Gasteiger partial charge < -0.3 is 10.2 Å². The van der Waals surface area contributed by atoms with E-state index in [0.29, 0.717) is 23.0 Å². The van der Waals surface area contributed by atoms with Crippen LogP contribution in [0.3, 0.4) is 0 Å². The molecule has 1 aromatic heterocycles. The summed E-state index contributed by atoms with van der Waals surface area (Å²) in [5, 5.41) is 19.9. The molecule has 0 fully saturated rings. The quantitative estimate of drug-likeness (QED) is 0.824. The lowest BCUT2D eigenvalue weighted by Crippen LogP contribution is -2.20. The van der Waals surface area contributed by atoms with Gasteiger partial charge in [-0.05, 0) is 25.0 Å². The zero-order chi connectivity index (χ0) is 11.4. The minimum Gasteiger partial charge on any atom is -0.390 e. The van der Waals surface area contributed by atoms with Gasteiger partial charge in [0.15, 0.2) is 0 Å². The third-order valence-electron chi connectivity index (χ3n) is 2.13. The van der Waals surface area contributed by atoms with E-state index in [1.807, 2.05) is 0 Å². The number of pyridine rings is 1. The van der Waals surface area contributed by atoms with Crippen molar-refractivity contribution in [1.29, 1.82) is 0 Å². The van der Waals surface area contributed by atoms with Gasteiger partial charge >= 0.3 is 0 Å². The fourth-order valence-electron chi connectivity index (χ4n) is 1.31. The summed E-state index contributed by atoms with van der Waals surface area (Å²) < 4.78 is 12.7. The molecule has 2 atom stereocenters. The molecule has 0 amide bonds. The van der Waals surface area contributed by atoms with Gasteiger partial charge in [0.1, 0.15) is 11.9 Å². The Morgan fingerprint density at radius 1 is 1.53 bits per heavy atom. The molecular formula is C10H13BrFNO2. The van der Waals surface area contributed by atoms with E-state index in [4.69, 9.17) is 0 Å². The highest BCUT2D eigenvalue weighted by atomic mass is 79.9. The van der Waals surface area contributed by atoms with Crippen molar-refractivity contribution in [1.82, 2.24) is 4.98 Å². The van der Waals surface area contributed by atoms with Gasteiger partial charge in [-0.1, -0.05) is 15.9 Å². The van der Waals surface area contributed by atoms with E-state index in [9.17, 15) is 14.6 Å². The maximum atomic E-state index is 12.7. The monoisotopic (exact) mass is 277 g/mol. The molecule has 84 valence electrons. The Bertz CT molecular complexity index is 335. The number of hydrogen-bond acceptors (Lipinski definition) is 3. The molecule has 0 aliphatic carbocycles. The average molecular weight is 278 g/mol. The maximum absolute atomic E-state index is 12.7. The number of hydrogen-bond donors (Lipinski definition) is 2. The topological polar surface area (TPSA) is 53.4 Å². The van der Waals surface area contributed by atoms with Crippen LogP contribution in [0.25, 0.3) is 0 Å². The smallest absolute Gasteiger partial charge is 0.141 e. The minimum absolute atomic E-state index is 0.324. The third kappa shape index (κ3) is 3.22. The normalized spacial score (nSPS) is 15.0. The molecule has 0 aliphatic heterocycles. The van der Waals surface area contributed by atoms with Crippen LogP contribution in [0, 0.1) is 12.7 Å². The molecule has 0 bridgehead atoms. The van der Waals surface area contributed by atoms with Crippen molar-refractivity contribution >= 4 is 15.9 Å². The van der Waals surface area contributed by atoms with E-state index in [1.54, 1.807) is 6.92 Å². The minimum atomic E-state index is -1.07. The number of rotatable bonds is 4. The van der Waals surface area contributed by atoms with Crippen molar-refractivity contribution in [3.05, 3.63) is 29.3 Å². The van der Waals surface area contributed by atoms with E-state index in [0.717, 1.165) is 6.20 Å². The van der Waals surface area contributed by atoms with Crippen LogP contribution in [0.4, 0.5) is 4.39 Å². The van der Waals surface area contributed by atoms with Crippen molar-refractivity contribution < 1.29 is 14.6 Å². The number of nitrogens with zero attached hydrogens (tertiary/aromatic N) is 1. The first-order valence-corrected chi connectivity index (χ1v) is 5.72. The standard InChI is InChI=1S/C10H13BrFNO2/c1-6-4-7(12)5-13-9(6)10(15)8(14)2-3-11/h4-5,8,10,14-15H,2-3H2,1H3. The Morgan fingerprint density at radius 2 is 2.20 bits per heavy atom. The van der Waals surface area contributed by atoms with E-state index in [1.165, 1.54) is 6.07 Å². The lowest BCUT2D eigenvalue weighted by molar-refractivity contribution is 0.0143. The summed E-state index contributed by atoms with van der Waals surface area (Å²) >= 11 is 3.17. The van der Waals surface area contributed by atoms with Gasteiger partial charge in [-0.2, -0.15) is 0 Å². The fourth-order valence-corrected chi connectivity index (χ4v) is 1.78. The zero-order valence-corrected chi connectivity index (χ0v) is 9.91. The first-order chi connectivity index (χ1) is 7.06. The van der Waals surface area contributed by atoms with Gasteiger partial charge in [0.05, 0.1) is 18.0 Å². The highest BCUT2D eigenvalue weighted by molar-refractivity contribution is 9.09. The van der Waals surface area contributed by atoms with Crippen molar-refractivity contribution in [3.8, 4) is 0 Å². The van der Waals surface area contributed by atoms with Crippen LogP contribution in [0.15, 0.2) is 12.3 Å². The SMILES string of the molecule is Cc1cc(F)cnc1C(O)C(O)CCBr. The van der Waals surface area contributed by atoms with Gasteiger partial charge in [0.2, 0.25) is 0 Å². The van der Waals surface area contributed by atoms with Crippen molar-refractivity contribution in [2.24, 2.45) is 0 Å². The second-order valence-corrected chi connectivity index (χ2v) is 4.14. The third-order valence-corrected chi connectivity index (χ3v) is 2.59. The molecular weight excluding hydrogens is 265 g/mol. The molecule has 0 spiro atoms. The average Bonchev–Trinajstić information content (AvgIpc) is 2.17. The van der Waals surface area contributed by atoms with Gasteiger partial charge in [-0.15, -0.1) is 0 Å². The van der Waals surface area contributed by atoms with E-state index in [-0.39, 0.29) is 0 Å². The summed E-state index contributed by atoms with van der Waals surface area (Å²) in [6, 6.07) is 1.28. The molecule has 1 heterocycles. The highest BCUT2D eigenvalue weighted by Crippen LogP contribution is 2.21. The van der Waals surface area contributed by atoms with Crippen molar-refractivity contribution in [2.75, 3.05) is 5.33 Å². The summed E-state index contributed by atoms with van der Waals surface area (Å²) in [6.07, 6.45) is -0.504. The van der Waals surface area contributed by atoms with Crippen LogP contribution in [0.1, 0.15) is 23.8 Å². The summed E-state index contributed by atoms with van der Waals surface area (Å²) in [5.74, 6) is -0.446. The van der Waals surface area contributed by atoms with Crippen LogP contribution in [0.5, 0.6) is 0 Å². The summed E-state index contributed by atoms with van der Waals surface area (Å²) in [6.45, 7) is 1.65. The predicted octanol–water partition coefficient (Wildman–Crippen LogP) is 1.71. The number of aromatic nitrogens is 1. The van der Waals surface area contributed by atoms with E-state index >= 15 is 0 Å². The molecule has 2 unspecified atom stereocenters. The Balaban J connectivity index is 2.86. The van der Waals surface area contributed by atoms with Crippen LogP contribution in [-0.2, 0) is 0 Å². The summed E-state index contributed by atoms with van der Waals surface area (Å²) in [4.78, 5) is 3.78. The zero-order valence-electron chi connectivity index (χ0n) is 8.32. The van der Waals surface area contributed by atoms with Crippen molar-refractivity contribution in [3.63, 3.8) is 0 Å². The molecule has 0 aromatic carbocycles. The number of aliphatic hydroxyl groups excluding tert-OH is 2. The summed E-state index contributed by atoms with van der Waals surface area (Å²) in [5.41, 5.74) is 0.862. The number of aliphatic hydroxyl groups is 2. The maximum Gasteiger partial charge on any atom is 0.141 e. The molecule has 1 rings (SSSR count). The van der Waals surface area contributed by atoms with Gasteiger partial charge in [-0.3, -0.25) is 4.98 Å². The Labute approximate surface area is 96.1 Å². The Morgan fingerprint density at radius 3 is 2.73 bits per heavy atom. The van der Waals surface area contributed by atoms with Crippen LogP contribution in [-0.4, -0.2) is 26.6 Å². The molecule has 1 aromatic rings. The second-order valence-electron chi connectivity index (χ2n) is 3.35. The molecule has 5 heteroatoms. The van der Waals surface area contributed by atoms with Crippen LogP contribution < -0.4 is 0 Å². The van der Waals surface area contributed by atoms with Gasteiger partial charge in [0.25, 0.3) is 0 Å². The predicted molar refractivity (Wildman–Crippen MR) is 58.3 cm³/mol. The molecule has 2 N–H and O–H groups in total. The number of halogens is 2.